The lowest BCUT2D eigenvalue weighted by Gasteiger charge is -2.14. The van der Waals surface area contributed by atoms with E-state index < -0.39 is 0 Å². The molecule has 2 atom stereocenters. The van der Waals surface area contributed by atoms with Gasteiger partial charge in [0, 0.05) is 18.1 Å². The first-order chi connectivity index (χ1) is 5.11. The van der Waals surface area contributed by atoms with Crippen molar-refractivity contribution >= 4 is 23.2 Å². The van der Waals surface area contributed by atoms with E-state index in [0.717, 1.165) is 12.7 Å². The second-order valence-corrected chi connectivity index (χ2v) is 3.97. The number of thioether (sulfide) groups is 1. The highest BCUT2D eigenvalue weighted by Crippen LogP contribution is 2.21. The molecule has 3 heteroatoms. The summed E-state index contributed by atoms with van der Waals surface area (Å²) in [5, 5.41) is 0.246. The van der Waals surface area contributed by atoms with E-state index in [1.165, 1.54) is 18.7 Å². The highest BCUT2D eigenvalue weighted by atomic mass is 32.2. The van der Waals surface area contributed by atoms with Crippen molar-refractivity contribution in [1.29, 1.82) is 0 Å². The molecule has 64 valence electrons. The number of aldehydes is 1. The number of rotatable bonds is 4. The Morgan fingerprint density at radius 3 is 2.45 bits per heavy atom. The Morgan fingerprint density at radius 2 is 2.18 bits per heavy atom. The van der Waals surface area contributed by atoms with Crippen LogP contribution in [0.1, 0.15) is 27.2 Å². The highest BCUT2D eigenvalue weighted by Gasteiger charge is 2.16. The van der Waals surface area contributed by atoms with Gasteiger partial charge in [0.2, 0.25) is 0 Å². The van der Waals surface area contributed by atoms with Gasteiger partial charge in [-0.2, -0.15) is 0 Å². The van der Waals surface area contributed by atoms with E-state index >= 15 is 0 Å². The number of hydrogen-bond donors (Lipinski definition) is 0. The lowest BCUT2D eigenvalue weighted by molar-refractivity contribution is -0.110. The molecule has 0 radical (unpaired) electrons. The Kier molecular flexibility index (Phi) is 5.20. The molecule has 0 N–H and O–H groups in total. The summed E-state index contributed by atoms with van der Waals surface area (Å²) >= 11 is 1.26. The molecule has 0 spiro atoms. The smallest absolute Gasteiger partial charge is 0.186 e. The minimum Gasteiger partial charge on any atom is -0.303 e. The summed E-state index contributed by atoms with van der Waals surface area (Å²) in [4.78, 5) is 21.0. The summed E-state index contributed by atoms with van der Waals surface area (Å²) in [6, 6.07) is 0. The first-order valence-corrected chi connectivity index (χ1v) is 4.62. The standard InChI is InChI=1S/C8H14O2S/c1-4-8(6(2)5-9)11-7(3)10/h5-6,8H,4H2,1-3H3/t6-,8+/m1/s1. The molecule has 11 heavy (non-hydrogen) atoms. The first kappa shape index (κ1) is 10.7. The molecule has 0 fully saturated rings. The topological polar surface area (TPSA) is 34.1 Å². The molecule has 0 saturated carbocycles. The second-order valence-electron chi connectivity index (χ2n) is 2.55. The van der Waals surface area contributed by atoms with Crippen LogP contribution in [0.25, 0.3) is 0 Å². The molecule has 0 aliphatic heterocycles. The maximum Gasteiger partial charge on any atom is 0.186 e. The number of hydrogen-bond acceptors (Lipinski definition) is 3. The fourth-order valence-corrected chi connectivity index (χ4v) is 1.74. The van der Waals surface area contributed by atoms with Crippen LogP contribution in [-0.4, -0.2) is 16.7 Å². The van der Waals surface area contributed by atoms with Crippen LogP contribution in [0.3, 0.4) is 0 Å². The molecule has 0 amide bonds. The Balaban J connectivity index is 3.93. The first-order valence-electron chi connectivity index (χ1n) is 3.74. The van der Waals surface area contributed by atoms with Crippen molar-refractivity contribution < 1.29 is 9.59 Å². The average Bonchev–Trinajstić information content (AvgIpc) is 1.98. The Morgan fingerprint density at radius 1 is 1.64 bits per heavy atom. The van der Waals surface area contributed by atoms with Gasteiger partial charge in [-0.15, -0.1) is 0 Å². The van der Waals surface area contributed by atoms with Crippen LogP contribution in [0.15, 0.2) is 0 Å². The van der Waals surface area contributed by atoms with Crippen molar-refractivity contribution in [3.05, 3.63) is 0 Å². The fraction of sp³-hybridized carbons (Fsp3) is 0.750. The minimum absolute atomic E-state index is 0.0195. The van der Waals surface area contributed by atoms with Crippen molar-refractivity contribution in [2.75, 3.05) is 0 Å². The molecule has 0 heterocycles. The van der Waals surface area contributed by atoms with Gasteiger partial charge < -0.3 is 4.79 Å². The quantitative estimate of drug-likeness (QED) is 0.610. The summed E-state index contributed by atoms with van der Waals surface area (Å²) in [5.41, 5.74) is 0. The van der Waals surface area contributed by atoms with Gasteiger partial charge >= 0.3 is 0 Å². The molecule has 0 aromatic heterocycles. The maximum absolute atomic E-state index is 10.7. The average molecular weight is 174 g/mol. The second kappa shape index (κ2) is 5.35. The van der Waals surface area contributed by atoms with Crippen molar-refractivity contribution in [3.63, 3.8) is 0 Å². The predicted molar refractivity (Wildman–Crippen MR) is 47.6 cm³/mol. The Labute approximate surface area is 71.7 Å². The van der Waals surface area contributed by atoms with Crippen LogP contribution in [0, 0.1) is 5.92 Å². The predicted octanol–water partition coefficient (Wildman–Crippen LogP) is 1.88. The highest BCUT2D eigenvalue weighted by molar-refractivity contribution is 8.14. The van der Waals surface area contributed by atoms with Crippen LogP contribution in [0.2, 0.25) is 0 Å². The Hall–Kier alpha value is -0.310. The molecule has 0 bridgehead atoms. The number of carbonyl (C=O) groups excluding carboxylic acids is 2. The lowest BCUT2D eigenvalue weighted by Crippen LogP contribution is -2.15. The zero-order valence-corrected chi connectivity index (χ0v) is 7.98. The van der Waals surface area contributed by atoms with Gasteiger partial charge in [0.25, 0.3) is 0 Å². The largest absolute Gasteiger partial charge is 0.303 e. The minimum atomic E-state index is -0.0195. The number of carbonyl (C=O) groups is 2. The van der Waals surface area contributed by atoms with Crippen LogP contribution in [0.4, 0.5) is 0 Å². The molecular formula is C8H14O2S. The van der Waals surface area contributed by atoms with Crippen molar-refractivity contribution in [3.8, 4) is 0 Å². The van der Waals surface area contributed by atoms with Crippen molar-refractivity contribution in [2.24, 2.45) is 5.92 Å². The summed E-state index contributed by atoms with van der Waals surface area (Å²) in [6.07, 6.45) is 1.77. The van der Waals surface area contributed by atoms with Gasteiger partial charge in [0.1, 0.15) is 6.29 Å². The zero-order chi connectivity index (χ0) is 8.85. The van der Waals surface area contributed by atoms with E-state index in [2.05, 4.69) is 0 Å². The third kappa shape index (κ3) is 4.19. The van der Waals surface area contributed by atoms with Crippen LogP contribution < -0.4 is 0 Å². The monoisotopic (exact) mass is 174 g/mol. The zero-order valence-electron chi connectivity index (χ0n) is 7.16. The molecule has 0 saturated heterocycles. The van der Waals surface area contributed by atoms with Gasteiger partial charge in [-0.05, 0) is 6.42 Å². The third-order valence-electron chi connectivity index (χ3n) is 1.52. The van der Waals surface area contributed by atoms with Crippen LogP contribution in [-0.2, 0) is 9.59 Å². The van der Waals surface area contributed by atoms with E-state index in [9.17, 15) is 9.59 Å². The van der Waals surface area contributed by atoms with Crippen molar-refractivity contribution in [1.82, 2.24) is 0 Å². The van der Waals surface area contributed by atoms with E-state index in [0.29, 0.717) is 0 Å². The Bertz CT molecular complexity index is 145. The van der Waals surface area contributed by atoms with E-state index in [-0.39, 0.29) is 16.3 Å². The molecule has 0 aromatic rings. The molecule has 0 rings (SSSR count). The van der Waals surface area contributed by atoms with Crippen LogP contribution >= 0.6 is 11.8 Å². The van der Waals surface area contributed by atoms with Crippen molar-refractivity contribution in [2.45, 2.75) is 32.4 Å². The lowest BCUT2D eigenvalue weighted by atomic mass is 10.1. The molecule has 0 aliphatic carbocycles. The fourth-order valence-electron chi connectivity index (χ4n) is 0.863. The molecular weight excluding hydrogens is 160 g/mol. The molecule has 0 aromatic carbocycles. The van der Waals surface area contributed by atoms with E-state index in [1.54, 1.807) is 0 Å². The summed E-state index contributed by atoms with van der Waals surface area (Å²) in [5.74, 6) is -0.0195. The summed E-state index contributed by atoms with van der Waals surface area (Å²) in [6.45, 7) is 5.36. The third-order valence-corrected chi connectivity index (χ3v) is 2.92. The maximum atomic E-state index is 10.7. The molecule has 2 nitrogen and oxygen atoms in total. The van der Waals surface area contributed by atoms with Gasteiger partial charge in [0.15, 0.2) is 5.12 Å². The van der Waals surface area contributed by atoms with Gasteiger partial charge in [0.05, 0.1) is 0 Å². The van der Waals surface area contributed by atoms with Gasteiger partial charge in [-0.1, -0.05) is 25.6 Å². The normalized spacial score (nSPS) is 15.5. The van der Waals surface area contributed by atoms with Gasteiger partial charge in [-0.3, -0.25) is 4.79 Å². The van der Waals surface area contributed by atoms with E-state index in [1.807, 2.05) is 13.8 Å². The van der Waals surface area contributed by atoms with Crippen LogP contribution in [0.5, 0.6) is 0 Å². The molecule has 0 unspecified atom stereocenters. The van der Waals surface area contributed by atoms with E-state index in [4.69, 9.17) is 0 Å². The van der Waals surface area contributed by atoms with Gasteiger partial charge in [-0.25, -0.2) is 0 Å². The SMILES string of the molecule is CC[C@H](SC(C)=O)[C@H](C)C=O. The summed E-state index contributed by atoms with van der Waals surface area (Å²) < 4.78 is 0. The summed E-state index contributed by atoms with van der Waals surface area (Å²) in [7, 11) is 0. The molecule has 0 aliphatic rings.